The van der Waals surface area contributed by atoms with E-state index in [-0.39, 0.29) is 0 Å². The standard InChI is InChI=1S/C23H16ClNO4/c24-17-13-11-16(12-14-17)20-28-22(27)23(29-20)19(15-7-3-1-4-8-15)25(21(23)26)18-9-5-2-6-10-18/h1-14,19-20H/t19-,20-,23-/m0/s1. The molecule has 0 bridgehead atoms. The Kier molecular flexibility index (Phi) is 4.15. The van der Waals surface area contributed by atoms with Gasteiger partial charge in [-0.3, -0.25) is 9.69 Å². The Morgan fingerprint density at radius 2 is 1.41 bits per heavy atom. The van der Waals surface area contributed by atoms with Crippen molar-refractivity contribution < 1.29 is 19.1 Å². The summed E-state index contributed by atoms with van der Waals surface area (Å²) in [5.74, 6) is -1.11. The lowest BCUT2D eigenvalue weighted by Gasteiger charge is -2.50. The smallest absolute Gasteiger partial charge is 0.353 e. The number of carbonyl (C=O) groups excluding carboxylic acids is 2. The van der Waals surface area contributed by atoms with Crippen molar-refractivity contribution in [3.05, 3.63) is 101 Å². The minimum absolute atomic E-state index is 0.431. The molecule has 0 N–H and O–H groups in total. The Hall–Kier alpha value is -3.15. The fourth-order valence-corrected chi connectivity index (χ4v) is 4.02. The second-order valence-corrected chi connectivity index (χ2v) is 7.40. The van der Waals surface area contributed by atoms with Gasteiger partial charge in [-0.2, -0.15) is 0 Å². The van der Waals surface area contributed by atoms with Gasteiger partial charge in [-0.05, 0) is 29.8 Å². The minimum atomic E-state index is -1.71. The quantitative estimate of drug-likeness (QED) is 0.367. The normalized spacial score (nSPS) is 25.8. The maximum atomic E-state index is 13.3. The highest BCUT2D eigenvalue weighted by Gasteiger charge is 2.73. The number of hydrogen-bond donors (Lipinski definition) is 0. The molecular weight excluding hydrogens is 390 g/mol. The largest absolute Gasteiger partial charge is 0.429 e. The molecule has 0 aromatic heterocycles. The molecule has 2 saturated heterocycles. The number of ether oxygens (including phenoxy) is 2. The van der Waals surface area contributed by atoms with Gasteiger partial charge >= 0.3 is 5.97 Å². The van der Waals surface area contributed by atoms with E-state index in [1.54, 1.807) is 29.2 Å². The predicted molar refractivity (Wildman–Crippen MR) is 107 cm³/mol. The van der Waals surface area contributed by atoms with Gasteiger partial charge in [0.15, 0.2) is 0 Å². The molecule has 2 aliphatic heterocycles. The Balaban J connectivity index is 1.57. The average molecular weight is 406 g/mol. The number of amides is 1. The van der Waals surface area contributed by atoms with Crippen LogP contribution in [-0.2, 0) is 19.1 Å². The van der Waals surface area contributed by atoms with Crippen LogP contribution in [0.5, 0.6) is 0 Å². The number of esters is 1. The third-order valence-electron chi connectivity index (χ3n) is 5.28. The number of benzene rings is 3. The monoisotopic (exact) mass is 405 g/mol. The molecule has 6 heteroatoms. The highest BCUT2D eigenvalue weighted by molar-refractivity contribution is 6.30. The Morgan fingerprint density at radius 3 is 2.07 bits per heavy atom. The van der Waals surface area contributed by atoms with Crippen LogP contribution in [0.4, 0.5) is 5.69 Å². The van der Waals surface area contributed by atoms with Crippen molar-refractivity contribution in [1.82, 2.24) is 0 Å². The van der Waals surface area contributed by atoms with E-state index in [0.29, 0.717) is 16.3 Å². The van der Waals surface area contributed by atoms with Crippen molar-refractivity contribution in [2.24, 2.45) is 0 Å². The van der Waals surface area contributed by atoms with E-state index in [1.165, 1.54) is 0 Å². The van der Waals surface area contributed by atoms with Crippen molar-refractivity contribution in [3.63, 3.8) is 0 Å². The second-order valence-electron chi connectivity index (χ2n) is 6.97. The van der Waals surface area contributed by atoms with Crippen molar-refractivity contribution in [1.29, 1.82) is 0 Å². The van der Waals surface area contributed by atoms with Gasteiger partial charge < -0.3 is 9.47 Å². The molecule has 2 heterocycles. The zero-order valence-corrected chi connectivity index (χ0v) is 16.0. The van der Waals surface area contributed by atoms with E-state index < -0.39 is 29.8 Å². The zero-order valence-electron chi connectivity index (χ0n) is 15.2. The first-order valence-corrected chi connectivity index (χ1v) is 9.57. The van der Waals surface area contributed by atoms with Crippen LogP contribution in [0.1, 0.15) is 23.5 Å². The first-order valence-electron chi connectivity index (χ1n) is 9.19. The zero-order chi connectivity index (χ0) is 20.0. The molecule has 0 radical (unpaired) electrons. The highest BCUT2D eigenvalue weighted by Crippen LogP contribution is 2.54. The number of anilines is 1. The number of nitrogens with zero attached hydrogens (tertiary/aromatic N) is 1. The van der Waals surface area contributed by atoms with Crippen molar-refractivity contribution >= 4 is 29.2 Å². The van der Waals surface area contributed by atoms with Crippen LogP contribution in [0.3, 0.4) is 0 Å². The summed E-state index contributed by atoms with van der Waals surface area (Å²) in [5.41, 5.74) is 0.409. The van der Waals surface area contributed by atoms with Gasteiger partial charge in [-0.1, -0.05) is 72.3 Å². The molecule has 1 amide bonds. The summed E-state index contributed by atoms with van der Waals surface area (Å²) in [4.78, 5) is 27.9. The van der Waals surface area contributed by atoms with Crippen LogP contribution in [-0.4, -0.2) is 17.5 Å². The molecule has 29 heavy (non-hydrogen) atoms. The van der Waals surface area contributed by atoms with Crippen molar-refractivity contribution in [2.75, 3.05) is 4.90 Å². The first kappa shape index (κ1) is 17.9. The highest BCUT2D eigenvalue weighted by atomic mass is 35.5. The van der Waals surface area contributed by atoms with Crippen LogP contribution in [0.15, 0.2) is 84.9 Å². The SMILES string of the molecule is O=C1O[C@H](c2ccc(Cl)cc2)O[C@@]12C(=O)N(c1ccccc1)[C@H]2c1ccccc1. The van der Waals surface area contributed by atoms with E-state index in [9.17, 15) is 9.59 Å². The Labute approximate surface area is 172 Å². The molecular formula is C23H16ClNO4. The molecule has 2 aliphatic rings. The van der Waals surface area contributed by atoms with E-state index in [2.05, 4.69) is 0 Å². The molecule has 0 aliphatic carbocycles. The van der Waals surface area contributed by atoms with Gasteiger partial charge in [0.25, 0.3) is 11.5 Å². The fourth-order valence-electron chi connectivity index (χ4n) is 3.90. The summed E-state index contributed by atoms with van der Waals surface area (Å²) in [6.45, 7) is 0. The maximum Gasteiger partial charge on any atom is 0.353 e. The Morgan fingerprint density at radius 1 is 0.793 bits per heavy atom. The van der Waals surface area contributed by atoms with Crippen molar-refractivity contribution in [3.8, 4) is 0 Å². The summed E-state index contributed by atoms with van der Waals surface area (Å²) in [6.07, 6.45) is -0.965. The van der Waals surface area contributed by atoms with Gasteiger partial charge in [-0.15, -0.1) is 0 Å². The van der Waals surface area contributed by atoms with Gasteiger partial charge in [0.05, 0.1) is 0 Å². The van der Waals surface area contributed by atoms with Crippen LogP contribution in [0, 0.1) is 0 Å². The van der Waals surface area contributed by atoms with E-state index in [0.717, 1.165) is 5.56 Å². The molecule has 1 spiro atoms. The Bertz CT molecular complexity index is 1070. The molecule has 5 rings (SSSR count). The topological polar surface area (TPSA) is 55.8 Å². The fraction of sp³-hybridized carbons (Fsp3) is 0.130. The van der Waals surface area contributed by atoms with E-state index in [1.807, 2.05) is 60.7 Å². The third kappa shape index (κ3) is 2.66. The maximum absolute atomic E-state index is 13.3. The molecule has 3 aromatic rings. The third-order valence-corrected chi connectivity index (χ3v) is 5.53. The number of hydrogen-bond acceptors (Lipinski definition) is 4. The number of carbonyl (C=O) groups is 2. The predicted octanol–water partition coefficient (Wildman–Crippen LogP) is 4.44. The molecule has 3 atom stereocenters. The summed E-state index contributed by atoms with van der Waals surface area (Å²) in [6, 6.07) is 24.8. The lowest BCUT2D eigenvalue weighted by Crippen LogP contribution is -2.71. The van der Waals surface area contributed by atoms with Gasteiger partial charge in [0, 0.05) is 16.3 Å². The first-order chi connectivity index (χ1) is 14.1. The number of cyclic esters (lactones) is 1. The molecule has 5 nitrogen and oxygen atoms in total. The minimum Gasteiger partial charge on any atom is -0.429 e. The van der Waals surface area contributed by atoms with Crippen LogP contribution in [0.25, 0.3) is 0 Å². The lowest BCUT2D eigenvalue weighted by molar-refractivity contribution is -0.168. The molecule has 0 saturated carbocycles. The van der Waals surface area contributed by atoms with Crippen LogP contribution >= 0.6 is 11.6 Å². The van der Waals surface area contributed by atoms with Gasteiger partial charge in [0.2, 0.25) is 6.29 Å². The van der Waals surface area contributed by atoms with Crippen LogP contribution < -0.4 is 4.90 Å². The van der Waals surface area contributed by atoms with E-state index in [4.69, 9.17) is 21.1 Å². The summed E-state index contributed by atoms with van der Waals surface area (Å²) in [5, 5.41) is 0.560. The number of halogens is 1. The summed E-state index contributed by atoms with van der Waals surface area (Å²) < 4.78 is 11.5. The van der Waals surface area contributed by atoms with Crippen molar-refractivity contribution in [2.45, 2.75) is 17.9 Å². The van der Waals surface area contributed by atoms with Crippen LogP contribution in [0.2, 0.25) is 5.02 Å². The molecule has 3 aromatic carbocycles. The molecule has 0 unspecified atom stereocenters. The summed E-state index contributed by atoms with van der Waals surface area (Å²) >= 11 is 5.95. The number of para-hydroxylation sites is 1. The summed E-state index contributed by atoms with van der Waals surface area (Å²) in [7, 11) is 0. The van der Waals surface area contributed by atoms with Gasteiger partial charge in [-0.25, -0.2) is 4.79 Å². The number of rotatable bonds is 3. The average Bonchev–Trinajstić information content (AvgIpc) is 3.12. The molecule has 144 valence electrons. The number of β-lactam (4-membered cyclic amide) rings is 1. The lowest BCUT2D eigenvalue weighted by atomic mass is 9.77. The van der Waals surface area contributed by atoms with E-state index >= 15 is 0 Å². The molecule has 2 fully saturated rings. The second kappa shape index (κ2) is 6.72. The van der Waals surface area contributed by atoms with Gasteiger partial charge in [0.1, 0.15) is 6.04 Å².